The summed E-state index contributed by atoms with van der Waals surface area (Å²) in [5.74, 6) is 0. The molecule has 0 saturated heterocycles. The lowest BCUT2D eigenvalue weighted by Crippen LogP contribution is -2.26. The van der Waals surface area contributed by atoms with Crippen LogP contribution in [0.3, 0.4) is 0 Å². The number of rotatable bonds is 2. The minimum absolute atomic E-state index is 0.0265. The molecule has 1 aromatic heterocycles. The molecule has 2 rings (SSSR count). The van der Waals surface area contributed by atoms with E-state index in [1.165, 1.54) is 4.68 Å². The average molecular weight is 200 g/mol. The lowest BCUT2D eigenvalue weighted by atomic mass is 10.3. The Labute approximate surface area is 88.0 Å². The van der Waals surface area contributed by atoms with E-state index < -0.39 is 0 Å². The van der Waals surface area contributed by atoms with Crippen LogP contribution in [0.5, 0.6) is 0 Å². The molecule has 0 aliphatic carbocycles. The van der Waals surface area contributed by atoms with Gasteiger partial charge in [0, 0.05) is 11.8 Å². The summed E-state index contributed by atoms with van der Waals surface area (Å²) in [4.78, 5) is 11.7. The van der Waals surface area contributed by atoms with Crippen LogP contribution >= 0.6 is 0 Å². The number of para-hydroxylation sites is 1. The molecule has 3 nitrogen and oxygen atoms in total. The molecule has 3 heteroatoms. The molecule has 0 fully saturated rings. The third-order valence-electron chi connectivity index (χ3n) is 2.16. The predicted octanol–water partition coefficient (Wildman–Crippen LogP) is 2.03. The lowest BCUT2D eigenvalue weighted by Gasteiger charge is -2.09. The zero-order valence-corrected chi connectivity index (χ0v) is 8.47. The standard InChI is InChI=1S/C12H12N2O/c1-10-6-5-9-14(12(10)15)13-11-7-3-2-4-8-11/h2-9,13H,1H3. The molecule has 0 aliphatic heterocycles. The molecular weight excluding hydrogens is 188 g/mol. The molecule has 0 radical (unpaired) electrons. The van der Waals surface area contributed by atoms with Crippen LogP contribution in [0.15, 0.2) is 53.5 Å². The van der Waals surface area contributed by atoms with Gasteiger partial charge in [-0.1, -0.05) is 24.3 Å². The van der Waals surface area contributed by atoms with Gasteiger partial charge in [0.25, 0.3) is 5.56 Å². The molecule has 0 atom stereocenters. The van der Waals surface area contributed by atoms with Crippen molar-refractivity contribution in [2.24, 2.45) is 0 Å². The average Bonchev–Trinajstić information content (AvgIpc) is 2.26. The van der Waals surface area contributed by atoms with Crippen LogP contribution in [-0.4, -0.2) is 4.68 Å². The minimum Gasteiger partial charge on any atom is -0.292 e. The molecule has 1 heterocycles. The number of nitrogens with one attached hydrogen (secondary N) is 1. The van der Waals surface area contributed by atoms with E-state index in [2.05, 4.69) is 5.43 Å². The van der Waals surface area contributed by atoms with Gasteiger partial charge >= 0.3 is 0 Å². The number of hydrogen-bond donors (Lipinski definition) is 1. The van der Waals surface area contributed by atoms with Crippen molar-refractivity contribution in [2.45, 2.75) is 6.92 Å². The highest BCUT2D eigenvalue weighted by molar-refractivity contribution is 5.42. The summed E-state index contributed by atoms with van der Waals surface area (Å²) in [6, 6.07) is 13.2. The van der Waals surface area contributed by atoms with Gasteiger partial charge in [0.1, 0.15) is 0 Å². The first-order chi connectivity index (χ1) is 7.27. The van der Waals surface area contributed by atoms with E-state index in [4.69, 9.17) is 0 Å². The number of benzene rings is 1. The Morgan fingerprint density at radius 3 is 2.53 bits per heavy atom. The van der Waals surface area contributed by atoms with Crippen molar-refractivity contribution in [1.29, 1.82) is 0 Å². The SMILES string of the molecule is Cc1cccn(Nc2ccccc2)c1=O. The molecule has 0 aliphatic rings. The monoisotopic (exact) mass is 200 g/mol. The number of aromatic nitrogens is 1. The van der Waals surface area contributed by atoms with E-state index >= 15 is 0 Å². The normalized spacial score (nSPS) is 9.93. The Bertz CT molecular complexity index is 503. The fraction of sp³-hybridized carbons (Fsp3) is 0.0833. The Morgan fingerprint density at radius 1 is 1.07 bits per heavy atom. The maximum Gasteiger partial charge on any atom is 0.272 e. The second-order valence-corrected chi connectivity index (χ2v) is 3.34. The van der Waals surface area contributed by atoms with Crippen LogP contribution in [0.1, 0.15) is 5.56 Å². The summed E-state index contributed by atoms with van der Waals surface area (Å²) < 4.78 is 1.48. The van der Waals surface area contributed by atoms with Gasteiger partial charge in [-0.25, -0.2) is 4.68 Å². The van der Waals surface area contributed by atoms with Crippen molar-refractivity contribution in [3.8, 4) is 0 Å². The molecule has 0 saturated carbocycles. The first-order valence-electron chi connectivity index (χ1n) is 4.78. The second-order valence-electron chi connectivity index (χ2n) is 3.34. The zero-order valence-electron chi connectivity index (χ0n) is 8.47. The molecule has 0 amide bonds. The smallest absolute Gasteiger partial charge is 0.272 e. The highest BCUT2D eigenvalue weighted by Gasteiger charge is 1.97. The van der Waals surface area contributed by atoms with Gasteiger partial charge in [-0.2, -0.15) is 0 Å². The molecule has 0 unspecified atom stereocenters. The highest BCUT2D eigenvalue weighted by Crippen LogP contribution is 2.04. The largest absolute Gasteiger partial charge is 0.292 e. The summed E-state index contributed by atoms with van der Waals surface area (Å²) in [6.07, 6.45) is 1.71. The molecule has 1 aromatic carbocycles. The van der Waals surface area contributed by atoms with Gasteiger partial charge in [0.15, 0.2) is 0 Å². The third kappa shape index (κ3) is 2.07. The van der Waals surface area contributed by atoms with Crippen LogP contribution in [0.4, 0.5) is 5.69 Å². The van der Waals surface area contributed by atoms with Crippen molar-refractivity contribution >= 4 is 5.69 Å². The summed E-state index contributed by atoms with van der Waals surface area (Å²) in [6.45, 7) is 1.80. The fourth-order valence-corrected chi connectivity index (χ4v) is 1.34. The van der Waals surface area contributed by atoms with Gasteiger partial charge in [-0.15, -0.1) is 0 Å². The Kier molecular flexibility index (Phi) is 2.54. The zero-order chi connectivity index (χ0) is 10.7. The fourth-order valence-electron chi connectivity index (χ4n) is 1.34. The topological polar surface area (TPSA) is 34.0 Å². The van der Waals surface area contributed by atoms with Crippen molar-refractivity contribution in [3.63, 3.8) is 0 Å². The summed E-state index contributed by atoms with van der Waals surface area (Å²) in [5, 5.41) is 0. The number of nitrogens with zero attached hydrogens (tertiary/aromatic N) is 1. The number of aryl methyl sites for hydroxylation is 1. The van der Waals surface area contributed by atoms with Crippen LogP contribution in [-0.2, 0) is 0 Å². The lowest BCUT2D eigenvalue weighted by molar-refractivity contribution is 0.886. The maximum absolute atomic E-state index is 11.7. The van der Waals surface area contributed by atoms with E-state index in [1.54, 1.807) is 19.2 Å². The first kappa shape index (κ1) is 9.52. The molecule has 2 aromatic rings. The quantitative estimate of drug-likeness (QED) is 0.804. The van der Waals surface area contributed by atoms with Crippen molar-refractivity contribution in [2.75, 3.05) is 5.43 Å². The van der Waals surface area contributed by atoms with Gasteiger partial charge in [0.2, 0.25) is 0 Å². The van der Waals surface area contributed by atoms with E-state index in [1.807, 2.05) is 36.4 Å². The second kappa shape index (κ2) is 4.00. The summed E-state index contributed by atoms with van der Waals surface area (Å²) in [7, 11) is 0. The van der Waals surface area contributed by atoms with Crippen molar-refractivity contribution in [1.82, 2.24) is 4.68 Å². The van der Waals surface area contributed by atoms with E-state index in [0.717, 1.165) is 11.3 Å². The molecule has 76 valence electrons. The highest BCUT2D eigenvalue weighted by atomic mass is 16.1. The maximum atomic E-state index is 11.7. The van der Waals surface area contributed by atoms with E-state index in [9.17, 15) is 4.79 Å². The van der Waals surface area contributed by atoms with Crippen molar-refractivity contribution in [3.05, 3.63) is 64.6 Å². The molecule has 15 heavy (non-hydrogen) atoms. The number of anilines is 1. The van der Waals surface area contributed by atoms with E-state index in [0.29, 0.717) is 0 Å². The number of hydrogen-bond acceptors (Lipinski definition) is 2. The van der Waals surface area contributed by atoms with Crippen molar-refractivity contribution < 1.29 is 0 Å². The first-order valence-corrected chi connectivity index (χ1v) is 4.78. The van der Waals surface area contributed by atoms with E-state index in [-0.39, 0.29) is 5.56 Å². The van der Waals surface area contributed by atoms with Gasteiger partial charge in [-0.3, -0.25) is 10.2 Å². The van der Waals surface area contributed by atoms with Gasteiger partial charge < -0.3 is 0 Å². The van der Waals surface area contributed by atoms with Crippen LogP contribution in [0.2, 0.25) is 0 Å². The molecule has 0 spiro atoms. The van der Waals surface area contributed by atoms with Crippen LogP contribution < -0.4 is 11.0 Å². The predicted molar refractivity (Wildman–Crippen MR) is 60.9 cm³/mol. The summed E-state index contributed by atoms with van der Waals surface area (Å²) in [5.41, 5.74) is 4.61. The number of pyridine rings is 1. The Hall–Kier alpha value is -2.03. The molecule has 0 bridgehead atoms. The Morgan fingerprint density at radius 2 is 1.80 bits per heavy atom. The summed E-state index contributed by atoms with van der Waals surface area (Å²) >= 11 is 0. The van der Waals surface area contributed by atoms with Gasteiger partial charge in [-0.05, 0) is 25.1 Å². The Balaban J connectivity index is 2.33. The molecular formula is C12H12N2O. The third-order valence-corrected chi connectivity index (χ3v) is 2.16. The van der Waals surface area contributed by atoms with Crippen LogP contribution in [0.25, 0.3) is 0 Å². The van der Waals surface area contributed by atoms with Gasteiger partial charge in [0.05, 0.1) is 5.69 Å². The van der Waals surface area contributed by atoms with Crippen LogP contribution in [0, 0.1) is 6.92 Å². The minimum atomic E-state index is -0.0265. The molecule has 1 N–H and O–H groups in total.